The monoisotopic (exact) mass is 382 g/mol. The molecular formula is C18H17ClF2N2O3. The molecule has 0 aliphatic rings. The Kier molecular flexibility index (Phi) is 6.52. The van der Waals surface area contributed by atoms with Gasteiger partial charge < -0.3 is 15.8 Å². The van der Waals surface area contributed by atoms with Crippen molar-refractivity contribution >= 4 is 23.4 Å². The first-order valence-corrected chi connectivity index (χ1v) is 8.03. The summed E-state index contributed by atoms with van der Waals surface area (Å²) in [5.74, 6) is -2.83. The van der Waals surface area contributed by atoms with Gasteiger partial charge in [-0.2, -0.15) is 0 Å². The van der Waals surface area contributed by atoms with E-state index in [1.807, 2.05) is 0 Å². The Labute approximate surface area is 154 Å². The molecule has 2 aromatic rings. The molecular weight excluding hydrogens is 366 g/mol. The lowest BCUT2D eigenvalue weighted by Gasteiger charge is -2.16. The number of hydrogen-bond donors (Lipinski definition) is 2. The second-order valence-corrected chi connectivity index (χ2v) is 6.03. The lowest BCUT2D eigenvalue weighted by atomic mass is 10.0. The van der Waals surface area contributed by atoms with Crippen LogP contribution in [0, 0.1) is 11.6 Å². The maximum absolute atomic E-state index is 13.2. The zero-order valence-corrected chi connectivity index (χ0v) is 14.6. The summed E-state index contributed by atoms with van der Waals surface area (Å²) < 4.78 is 31.2. The van der Waals surface area contributed by atoms with Gasteiger partial charge in [-0.3, -0.25) is 9.59 Å². The Bertz CT molecular complexity index is 830. The number of halogens is 3. The molecule has 0 heterocycles. The number of carbonyl (C=O) groups is 2. The third-order valence-electron chi connectivity index (χ3n) is 3.68. The molecule has 0 saturated heterocycles. The van der Waals surface area contributed by atoms with Crippen molar-refractivity contribution in [3.05, 3.63) is 64.2 Å². The topological polar surface area (TPSA) is 81.4 Å². The summed E-state index contributed by atoms with van der Waals surface area (Å²) in [5, 5.41) is 2.85. The zero-order valence-electron chi connectivity index (χ0n) is 13.9. The highest BCUT2D eigenvalue weighted by Crippen LogP contribution is 2.25. The molecule has 2 amide bonds. The van der Waals surface area contributed by atoms with Crippen LogP contribution >= 0.6 is 11.6 Å². The molecule has 0 aliphatic carbocycles. The van der Waals surface area contributed by atoms with Gasteiger partial charge in [-0.15, -0.1) is 0 Å². The van der Waals surface area contributed by atoms with Crippen molar-refractivity contribution in [2.75, 3.05) is 7.11 Å². The molecule has 0 unspecified atom stereocenters. The van der Waals surface area contributed by atoms with E-state index in [-0.39, 0.29) is 18.4 Å². The van der Waals surface area contributed by atoms with E-state index < -0.39 is 29.5 Å². The van der Waals surface area contributed by atoms with E-state index in [4.69, 9.17) is 22.1 Å². The minimum atomic E-state index is -1.05. The summed E-state index contributed by atoms with van der Waals surface area (Å²) in [6.45, 7) is 0. The van der Waals surface area contributed by atoms with Gasteiger partial charge >= 0.3 is 0 Å². The average Bonchev–Trinajstić information content (AvgIpc) is 2.57. The lowest BCUT2D eigenvalue weighted by molar-refractivity contribution is -0.127. The number of benzene rings is 2. The fourth-order valence-electron chi connectivity index (χ4n) is 2.38. The summed E-state index contributed by atoms with van der Waals surface area (Å²) in [7, 11) is 1.48. The van der Waals surface area contributed by atoms with Crippen molar-refractivity contribution in [3.63, 3.8) is 0 Å². The number of amides is 2. The van der Waals surface area contributed by atoms with Crippen molar-refractivity contribution in [2.24, 2.45) is 5.73 Å². The molecule has 5 nitrogen and oxygen atoms in total. The van der Waals surface area contributed by atoms with Crippen LogP contribution < -0.4 is 15.8 Å². The predicted octanol–water partition coefficient (Wildman–Crippen LogP) is 2.38. The van der Waals surface area contributed by atoms with Crippen LogP contribution in [0.15, 0.2) is 36.4 Å². The molecule has 0 bridgehead atoms. The van der Waals surface area contributed by atoms with Crippen molar-refractivity contribution in [1.29, 1.82) is 0 Å². The van der Waals surface area contributed by atoms with E-state index in [2.05, 4.69) is 5.32 Å². The number of rotatable bonds is 7. The molecule has 3 N–H and O–H groups in total. The number of hydrogen-bond acceptors (Lipinski definition) is 3. The lowest BCUT2D eigenvalue weighted by Crippen LogP contribution is -2.46. The van der Waals surface area contributed by atoms with Gasteiger partial charge in [0.05, 0.1) is 18.6 Å². The van der Waals surface area contributed by atoms with Crippen LogP contribution in [0.1, 0.15) is 11.1 Å². The SMILES string of the molecule is COc1ccc(C[C@@H](NC(=O)Cc2ccc(F)c(F)c2)C(N)=O)cc1Cl. The maximum Gasteiger partial charge on any atom is 0.240 e. The first-order valence-electron chi connectivity index (χ1n) is 7.65. The van der Waals surface area contributed by atoms with E-state index in [9.17, 15) is 18.4 Å². The second-order valence-electron chi connectivity index (χ2n) is 5.62. The maximum atomic E-state index is 13.2. The molecule has 0 spiro atoms. The summed E-state index contributed by atoms with van der Waals surface area (Å²) in [6.07, 6.45) is -0.0904. The molecule has 0 fully saturated rings. The third kappa shape index (κ3) is 5.16. The van der Waals surface area contributed by atoms with Crippen molar-refractivity contribution in [2.45, 2.75) is 18.9 Å². The Morgan fingerprint density at radius 3 is 2.42 bits per heavy atom. The van der Waals surface area contributed by atoms with Gasteiger partial charge in [0, 0.05) is 6.42 Å². The quantitative estimate of drug-likeness (QED) is 0.771. The van der Waals surface area contributed by atoms with Gasteiger partial charge in [-0.05, 0) is 35.4 Å². The van der Waals surface area contributed by atoms with Crippen LogP contribution in [0.2, 0.25) is 5.02 Å². The summed E-state index contributed by atoms with van der Waals surface area (Å²) >= 11 is 6.04. The molecule has 2 aromatic carbocycles. The van der Waals surface area contributed by atoms with Gasteiger partial charge in [0.1, 0.15) is 11.8 Å². The Morgan fingerprint density at radius 2 is 1.85 bits per heavy atom. The Hall–Kier alpha value is -2.67. The molecule has 0 aliphatic heterocycles. The van der Waals surface area contributed by atoms with Crippen LogP contribution in [0.3, 0.4) is 0 Å². The summed E-state index contributed by atoms with van der Waals surface area (Å²) in [4.78, 5) is 23.7. The average molecular weight is 383 g/mol. The number of nitrogens with two attached hydrogens (primary N) is 1. The van der Waals surface area contributed by atoms with Crippen LogP contribution in [0.25, 0.3) is 0 Å². The van der Waals surface area contributed by atoms with Crippen LogP contribution in [0.5, 0.6) is 5.75 Å². The molecule has 26 heavy (non-hydrogen) atoms. The second kappa shape index (κ2) is 8.62. The summed E-state index contributed by atoms with van der Waals surface area (Å²) in [5.41, 5.74) is 6.29. The van der Waals surface area contributed by atoms with Gasteiger partial charge in [0.2, 0.25) is 11.8 Å². The van der Waals surface area contributed by atoms with E-state index in [0.717, 1.165) is 12.1 Å². The number of nitrogens with one attached hydrogen (secondary N) is 1. The minimum absolute atomic E-state index is 0.128. The molecule has 1 atom stereocenters. The van der Waals surface area contributed by atoms with Crippen molar-refractivity contribution < 1.29 is 23.1 Å². The van der Waals surface area contributed by atoms with Crippen LogP contribution in [0.4, 0.5) is 8.78 Å². The highest BCUT2D eigenvalue weighted by Gasteiger charge is 2.19. The van der Waals surface area contributed by atoms with Crippen LogP contribution in [-0.4, -0.2) is 25.0 Å². The fourth-order valence-corrected chi connectivity index (χ4v) is 2.66. The fraction of sp³-hybridized carbons (Fsp3) is 0.222. The number of ether oxygens (including phenoxy) is 1. The van der Waals surface area contributed by atoms with E-state index >= 15 is 0 Å². The standard InChI is InChI=1S/C18H17ClF2N2O3/c1-26-16-5-3-10(6-12(16)19)8-15(18(22)25)23-17(24)9-11-2-4-13(20)14(21)7-11/h2-7,15H,8-9H2,1H3,(H2,22,25)(H,23,24)/t15-/m1/s1. The van der Waals surface area contributed by atoms with Crippen LogP contribution in [-0.2, 0) is 22.4 Å². The largest absolute Gasteiger partial charge is 0.495 e. The Morgan fingerprint density at radius 1 is 1.15 bits per heavy atom. The number of carbonyl (C=O) groups excluding carboxylic acids is 2. The Balaban J connectivity index is 2.05. The van der Waals surface area contributed by atoms with E-state index in [0.29, 0.717) is 16.3 Å². The predicted molar refractivity (Wildman–Crippen MR) is 92.9 cm³/mol. The molecule has 0 radical (unpaired) electrons. The van der Waals surface area contributed by atoms with E-state index in [1.54, 1.807) is 18.2 Å². The normalized spacial score (nSPS) is 11.7. The molecule has 0 saturated carbocycles. The minimum Gasteiger partial charge on any atom is -0.495 e. The zero-order chi connectivity index (χ0) is 19.3. The number of methoxy groups -OCH3 is 1. The molecule has 138 valence electrons. The van der Waals surface area contributed by atoms with Crippen molar-refractivity contribution in [3.8, 4) is 5.75 Å². The van der Waals surface area contributed by atoms with Crippen molar-refractivity contribution in [1.82, 2.24) is 5.32 Å². The highest BCUT2D eigenvalue weighted by atomic mass is 35.5. The van der Waals surface area contributed by atoms with Gasteiger partial charge in [-0.25, -0.2) is 8.78 Å². The van der Waals surface area contributed by atoms with Gasteiger partial charge in [-0.1, -0.05) is 23.7 Å². The van der Waals surface area contributed by atoms with Gasteiger partial charge in [0.25, 0.3) is 0 Å². The third-order valence-corrected chi connectivity index (χ3v) is 3.98. The smallest absolute Gasteiger partial charge is 0.240 e. The number of primary amides is 1. The summed E-state index contributed by atoms with van der Waals surface area (Å²) in [6, 6.07) is 7.12. The molecule has 8 heteroatoms. The molecule has 2 rings (SSSR count). The van der Waals surface area contributed by atoms with Gasteiger partial charge in [0.15, 0.2) is 11.6 Å². The first kappa shape index (κ1) is 19.7. The van der Waals surface area contributed by atoms with E-state index in [1.165, 1.54) is 13.2 Å². The highest BCUT2D eigenvalue weighted by molar-refractivity contribution is 6.32. The molecule has 0 aromatic heterocycles. The first-order chi connectivity index (χ1) is 12.3.